The number of halogens is 1. The first-order valence-electron chi connectivity index (χ1n) is 18.6. The standard InChI is InChI=1S/C37H42IN12O10P/c1-5-49-25(14-20(3)45-49)34(53)43-36-41-23-15-21(32(39)51)17-27(58-4)30(23)47(36)10-7-8-11-48-31-24(42-37(48)44-35(54)26-19-29(38)46-50(26)6-2)16-22(33(40)52)18-28(31)59-12-9-13-60-61(55,56)57/h7-8,14-19H,5-6,9-13H2,1-4H3,(H2,39,51)(H2,40,52)(H,41,43,53)(H,42,44,54)(H2,55,56,57)/b8-7+. The fraction of sp³-hybridized carbons (Fsp3) is 0.297. The van der Waals surface area contributed by atoms with Crippen LogP contribution >= 0.6 is 30.4 Å². The quantitative estimate of drug-likeness (QED) is 0.0293. The Hall–Kier alpha value is -6.14. The molecule has 22 nitrogen and oxygen atoms in total. The molecule has 6 aromatic rings. The number of anilines is 2. The second-order valence-corrected chi connectivity index (χ2v) is 15.6. The molecule has 4 amide bonds. The number of aromatic nitrogens is 8. The van der Waals surface area contributed by atoms with Gasteiger partial charge in [-0.15, -0.1) is 0 Å². The van der Waals surface area contributed by atoms with Crippen molar-refractivity contribution in [1.29, 1.82) is 0 Å². The van der Waals surface area contributed by atoms with Gasteiger partial charge < -0.3 is 39.9 Å². The maximum atomic E-state index is 13.7. The van der Waals surface area contributed by atoms with E-state index in [9.17, 15) is 23.7 Å². The Bertz CT molecular complexity index is 2750. The summed E-state index contributed by atoms with van der Waals surface area (Å²) in [6.07, 6.45) is 3.59. The zero-order chi connectivity index (χ0) is 44.2. The van der Waals surface area contributed by atoms with Crippen LogP contribution in [0.15, 0.2) is 48.6 Å². The third-order valence-electron chi connectivity index (χ3n) is 9.12. The van der Waals surface area contributed by atoms with Crippen LogP contribution in [0.2, 0.25) is 0 Å². The number of ether oxygens (including phenoxy) is 2. The van der Waals surface area contributed by atoms with Gasteiger partial charge in [0.1, 0.15) is 37.6 Å². The molecule has 8 N–H and O–H groups in total. The fourth-order valence-corrected chi connectivity index (χ4v) is 7.37. The van der Waals surface area contributed by atoms with Crippen molar-refractivity contribution in [3.63, 3.8) is 0 Å². The summed E-state index contributed by atoms with van der Waals surface area (Å²) in [5, 5.41) is 14.4. The van der Waals surface area contributed by atoms with Crippen LogP contribution in [0.3, 0.4) is 0 Å². The third-order valence-corrected chi connectivity index (χ3v) is 10.2. The second-order valence-electron chi connectivity index (χ2n) is 13.3. The number of hydrogen-bond donors (Lipinski definition) is 6. The van der Waals surface area contributed by atoms with Gasteiger partial charge in [-0.25, -0.2) is 14.5 Å². The minimum Gasteiger partial charge on any atom is -0.494 e. The number of benzene rings is 2. The predicted octanol–water partition coefficient (Wildman–Crippen LogP) is 3.58. The number of amides is 4. The number of nitrogens with zero attached hydrogens (tertiary/aromatic N) is 8. The number of phosphoric ester groups is 1. The van der Waals surface area contributed by atoms with Gasteiger partial charge in [0.05, 0.1) is 37.1 Å². The van der Waals surface area contributed by atoms with E-state index in [-0.39, 0.29) is 78.5 Å². The van der Waals surface area contributed by atoms with Crippen LogP contribution in [0.25, 0.3) is 22.1 Å². The van der Waals surface area contributed by atoms with E-state index in [0.717, 1.165) is 0 Å². The molecule has 24 heteroatoms. The van der Waals surface area contributed by atoms with Crippen molar-refractivity contribution in [2.45, 2.75) is 53.4 Å². The molecule has 0 spiro atoms. The van der Waals surface area contributed by atoms with Crippen molar-refractivity contribution in [3.05, 3.63) is 80.5 Å². The Morgan fingerprint density at radius 1 is 0.787 bits per heavy atom. The average Bonchev–Trinajstić information content (AvgIpc) is 3.97. The summed E-state index contributed by atoms with van der Waals surface area (Å²) < 4.78 is 34.4. The molecule has 0 aliphatic carbocycles. The Labute approximate surface area is 360 Å². The van der Waals surface area contributed by atoms with Crippen LogP contribution in [0.1, 0.15) is 67.7 Å². The molecule has 4 aromatic heterocycles. The Morgan fingerprint density at radius 3 is 1.80 bits per heavy atom. The lowest BCUT2D eigenvalue weighted by molar-refractivity contribution is 0.0991. The van der Waals surface area contributed by atoms with E-state index in [1.165, 1.54) is 36.1 Å². The van der Waals surface area contributed by atoms with Gasteiger partial charge in [0.15, 0.2) is 0 Å². The van der Waals surface area contributed by atoms with Gasteiger partial charge in [0, 0.05) is 49.8 Å². The maximum Gasteiger partial charge on any atom is 0.469 e. The Morgan fingerprint density at radius 2 is 1.30 bits per heavy atom. The van der Waals surface area contributed by atoms with E-state index in [2.05, 4.69) is 35.3 Å². The smallest absolute Gasteiger partial charge is 0.469 e. The molecule has 0 unspecified atom stereocenters. The molecular weight excluding hydrogens is 930 g/mol. The molecule has 0 saturated heterocycles. The molecule has 2 aromatic carbocycles. The zero-order valence-corrected chi connectivity index (χ0v) is 36.3. The molecule has 0 aliphatic heterocycles. The number of methoxy groups -OCH3 is 1. The van der Waals surface area contributed by atoms with Gasteiger partial charge in [-0.05, 0) is 73.7 Å². The lowest BCUT2D eigenvalue weighted by atomic mass is 10.1. The molecule has 4 heterocycles. The lowest BCUT2D eigenvalue weighted by Gasteiger charge is -2.13. The van der Waals surface area contributed by atoms with Crippen molar-refractivity contribution >= 4 is 88.0 Å². The van der Waals surface area contributed by atoms with Gasteiger partial charge in [0.25, 0.3) is 11.8 Å². The number of carbonyl (C=O) groups excluding carboxylic acids is 4. The highest BCUT2D eigenvalue weighted by molar-refractivity contribution is 14.1. The van der Waals surface area contributed by atoms with Crippen molar-refractivity contribution in [2.75, 3.05) is 31.0 Å². The molecule has 6 rings (SSSR count). The van der Waals surface area contributed by atoms with Crippen molar-refractivity contribution in [1.82, 2.24) is 38.7 Å². The normalized spacial score (nSPS) is 11.8. The summed E-state index contributed by atoms with van der Waals surface area (Å²) in [4.78, 5) is 79.4. The van der Waals surface area contributed by atoms with Gasteiger partial charge in [-0.3, -0.25) is 43.7 Å². The Kier molecular flexibility index (Phi) is 13.6. The van der Waals surface area contributed by atoms with E-state index < -0.39 is 31.5 Å². The Balaban J connectivity index is 1.40. The van der Waals surface area contributed by atoms with E-state index >= 15 is 0 Å². The summed E-state index contributed by atoms with van der Waals surface area (Å²) in [5.41, 5.74) is 14.1. The van der Waals surface area contributed by atoms with Gasteiger partial charge in [-0.2, -0.15) is 10.2 Å². The summed E-state index contributed by atoms with van der Waals surface area (Å²) >= 11 is 2.01. The lowest BCUT2D eigenvalue weighted by Crippen LogP contribution is -2.20. The number of nitrogens with one attached hydrogen (secondary N) is 2. The first-order chi connectivity index (χ1) is 29.0. The summed E-state index contributed by atoms with van der Waals surface area (Å²) in [6.45, 7) is 6.07. The molecule has 0 radical (unpaired) electrons. The number of rotatable bonds is 19. The van der Waals surface area contributed by atoms with Crippen molar-refractivity contribution in [3.8, 4) is 11.5 Å². The van der Waals surface area contributed by atoms with Gasteiger partial charge in [0.2, 0.25) is 23.7 Å². The highest BCUT2D eigenvalue weighted by Crippen LogP contribution is 2.36. The minimum absolute atomic E-state index is 0.0521. The molecule has 322 valence electrons. The highest BCUT2D eigenvalue weighted by atomic mass is 127. The van der Waals surface area contributed by atoms with Crippen LogP contribution in [0.4, 0.5) is 11.9 Å². The number of phosphoric acid groups is 1. The topological polar surface area (TPSA) is 301 Å². The average molecular weight is 973 g/mol. The van der Waals surface area contributed by atoms with Crippen LogP contribution in [-0.4, -0.2) is 92.4 Å². The number of aryl methyl sites for hydroxylation is 3. The first-order valence-corrected chi connectivity index (χ1v) is 21.2. The maximum absolute atomic E-state index is 13.7. The second kappa shape index (κ2) is 18.6. The number of fused-ring (bicyclic) bond motifs is 2. The number of carbonyl (C=O) groups is 4. The predicted molar refractivity (Wildman–Crippen MR) is 229 cm³/mol. The molecule has 0 atom stereocenters. The molecule has 0 fully saturated rings. The molecular formula is C37H42IN12O10P. The van der Waals surface area contributed by atoms with Crippen molar-refractivity contribution in [2.24, 2.45) is 11.5 Å². The summed E-state index contributed by atoms with van der Waals surface area (Å²) in [6, 6.07) is 9.10. The van der Waals surface area contributed by atoms with Crippen molar-refractivity contribution < 1.29 is 47.5 Å². The van der Waals surface area contributed by atoms with Crippen LogP contribution in [-0.2, 0) is 35.3 Å². The van der Waals surface area contributed by atoms with E-state index in [0.29, 0.717) is 44.7 Å². The highest BCUT2D eigenvalue weighted by Gasteiger charge is 2.24. The summed E-state index contributed by atoms with van der Waals surface area (Å²) in [5.74, 6) is -1.86. The number of hydrogen-bond acceptors (Lipinski definition) is 12. The van der Waals surface area contributed by atoms with Crippen LogP contribution in [0.5, 0.6) is 11.5 Å². The van der Waals surface area contributed by atoms with Gasteiger partial charge >= 0.3 is 7.82 Å². The van der Waals surface area contributed by atoms with Crippen LogP contribution in [0, 0.1) is 10.6 Å². The monoisotopic (exact) mass is 972 g/mol. The summed E-state index contributed by atoms with van der Waals surface area (Å²) in [7, 11) is -3.29. The van der Waals surface area contributed by atoms with E-state index in [1.807, 2.05) is 36.4 Å². The molecule has 0 saturated carbocycles. The molecule has 61 heavy (non-hydrogen) atoms. The van der Waals surface area contributed by atoms with Gasteiger partial charge in [-0.1, -0.05) is 12.2 Å². The van der Waals surface area contributed by atoms with Crippen LogP contribution < -0.4 is 31.6 Å². The number of imidazole rings is 2. The zero-order valence-electron chi connectivity index (χ0n) is 33.3. The number of allylic oxidation sites excluding steroid dienone is 2. The first kappa shape index (κ1) is 44.4. The largest absolute Gasteiger partial charge is 0.494 e. The number of nitrogens with two attached hydrogens (primary N) is 2. The van der Waals surface area contributed by atoms with E-state index in [1.54, 1.807) is 45.0 Å². The number of primary amides is 2. The molecule has 0 bridgehead atoms. The third kappa shape index (κ3) is 10.1. The SMILES string of the molecule is CCn1nc(C)cc1C(=O)Nc1nc2cc(C(N)=O)cc(OC)c2n1C/C=C/Cn1c(NC(=O)c2cc(I)nn2CC)nc2cc(C(N)=O)cc(OCCCOP(=O)(O)O)c21. The minimum atomic E-state index is -4.71. The molecule has 0 aliphatic rings. The van der Waals surface area contributed by atoms with E-state index in [4.69, 9.17) is 30.7 Å². The fourth-order valence-electron chi connectivity index (χ4n) is 6.45.